The molecule has 0 fully saturated rings. The minimum atomic E-state index is -0.587. The molecule has 2 rings (SSSR count). The predicted octanol–water partition coefficient (Wildman–Crippen LogP) is 2.35. The zero-order valence-corrected chi connectivity index (χ0v) is 15.2. The number of carbonyl (C=O) groups is 3. The van der Waals surface area contributed by atoms with Gasteiger partial charge >= 0.3 is 6.09 Å². The summed E-state index contributed by atoms with van der Waals surface area (Å²) in [5, 5.41) is 3.26. The van der Waals surface area contributed by atoms with Crippen LogP contribution in [0.15, 0.2) is 0 Å². The second kappa shape index (κ2) is 6.80. The number of nitrogens with two attached hydrogens (primary N) is 1. The summed E-state index contributed by atoms with van der Waals surface area (Å²) >= 11 is 1.29. The number of thiophene rings is 1. The van der Waals surface area contributed by atoms with Gasteiger partial charge in [-0.05, 0) is 18.9 Å². The van der Waals surface area contributed by atoms with Gasteiger partial charge in [-0.3, -0.25) is 9.59 Å². The summed E-state index contributed by atoms with van der Waals surface area (Å²) in [5.41, 5.74) is 6.11. The number of hydrogen-bond acceptors (Lipinski definition) is 5. The third kappa shape index (κ3) is 3.69. The highest BCUT2D eigenvalue weighted by atomic mass is 32.1. The highest BCUT2D eigenvalue weighted by Crippen LogP contribution is 2.37. The van der Waals surface area contributed by atoms with Gasteiger partial charge in [0, 0.05) is 16.8 Å². The molecule has 0 saturated heterocycles. The highest BCUT2D eigenvalue weighted by molar-refractivity contribution is 7.17. The van der Waals surface area contributed by atoms with Gasteiger partial charge in [0.05, 0.1) is 18.7 Å². The Kier molecular flexibility index (Phi) is 5.17. The van der Waals surface area contributed by atoms with Gasteiger partial charge in [-0.1, -0.05) is 20.8 Å². The number of nitrogens with one attached hydrogen (secondary N) is 1. The number of rotatable bonds is 3. The molecular formula is C16H23N3O4S. The lowest BCUT2D eigenvalue weighted by molar-refractivity contribution is -0.123. The maximum Gasteiger partial charge on any atom is 0.410 e. The minimum Gasteiger partial charge on any atom is -0.450 e. The summed E-state index contributed by atoms with van der Waals surface area (Å²) in [6, 6.07) is 0. The molecule has 132 valence electrons. The van der Waals surface area contributed by atoms with Gasteiger partial charge in [-0.2, -0.15) is 0 Å². The average Bonchev–Trinajstić information content (AvgIpc) is 2.83. The predicted molar refractivity (Wildman–Crippen MR) is 92.1 cm³/mol. The summed E-state index contributed by atoms with van der Waals surface area (Å²) < 4.78 is 5.02. The van der Waals surface area contributed by atoms with E-state index in [2.05, 4.69) is 5.32 Å². The van der Waals surface area contributed by atoms with E-state index < -0.39 is 11.3 Å². The number of ether oxygens (including phenoxy) is 1. The van der Waals surface area contributed by atoms with Gasteiger partial charge in [0.1, 0.15) is 5.00 Å². The lowest BCUT2D eigenvalue weighted by atomic mass is 9.95. The van der Waals surface area contributed by atoms with Gasteiger partial charge in [-0.15, -0.1) is 11.3 Å². The number of amides is 3. The fourth-order valence-corrected chi connectivity index (χ4v) is 3.68. The molecule has 1 aromatic heterocycles. The molecule has 0 radical (unpaired) electrons. The van der Waals surface area contributed by atoms with Crippen LogP contribution in [-0.2, 0) is 22.5 Å². The second-order valence-corrected chi connectivity index (χ2v) is 7.75. The lowest BCUT2D eigenvalue weighted by Gasteiger charge is -2.26. The lowest BCUT2D eigenvalue weighted by Crippen LogP contribution is -2.36. The zero-order valence-electron chi connectivity index (χ0n) is 14.4. The van der Waals surface area contributed by atoms with E-state index in [1.807, 2.05) is 0 Å². The zero-order chi connectivity index (χ0) is 18.1. The van der Waals surface area contributed by atoms with Gasteiger partial charge in [0.25, 0.3) is 5.91 Å². The molecule has 2 heterocycles. The monoisotopic (exact) mass is 353 g/mol. The number of anilines is 1. The molecule has 0 aliphatic carbocycles. The Hall–Kier alpha value is -2.09. The molecule has 0 aromatic carbocycles. The fourth-order valence-electron chi connectivity index (χ4n) is 2.41. The van der Waals surface area contributed by atoms with Crippen molar-refractivity contribution in [2.75, 3.05) is 18.5 Å². The quantitative estimate of drug-likeness (QED) is 0.871. The van der Waals surface area contributed by atoms with Crippen LogP contribution < -0.4 is 11.1 Å². The van der Waals surface area contributed by atoms with E-state index in [0.717, 1.165) is 10.4 Å². The van der Waals surface area contributed by atoms with Crippen molar-refractivity contribution in [3.63, 3.8) is 0 Å². The van der Waals surface area contributed by atoms with Crippen molar-refractivity contribution in [1.82, 2.24) is 4.90 Å². The van der Waals surface area contributed by atoms with Crippen molar-refractivity contribution in [2.45, 2.75) is 40.7 Å². The Labute approximate surface area is 145 Å². The number of hydrogen-bond donors (Lipinski definition) is 2. The summed E-state index contributed by atoms with van der Waals surface area (Å²) in [6.45, 7) is 8.25. The average molecular weight is 353 g/mol. The molecule has 3 N–H and O–H groups in total. The summed E-state index contributed by atoms with van der Waals surface area (Å²) in [4.78, 5) is 38.4. The van der Waals surface area contributed by atoms with Crippen LogP contribution in [0.4, 0.5) is 9.80 Å². The van der Waals surface area contributed by atoms with Crippen LogP contribution in [0.25, 0.3) is 0 Å². The van der Waals surface area contributed by atoms with E-state index in [0.29, 0.717) is 36.7 Å². The highest BCUT2D eigenvalue weighted by Gasteiger charge is 2.31. The van der Waals surface area contributed by atoms with Crippen LogP contribution in [0.2, 0.25) is 0 Å². The first-order valence-corrected chi connectivity index (χ1v) is 8.64. The maximum atomic E-state index is 12.2. The van der Waals surface area contributed by atoms with Gasteiger partial charge in [-0.25, -0.2) is 4.79 Å². The third-order valence-corrected chi connectivity index (χ3v) is 4.87. The Morgan fingerprint density at radius 2 is 2.00 bits per heavy atom. The topological polar surface area (TPSA) is 102 Å². The molecule has 0 spiro atoms. The van der Waals surface area contributed by atoms with Crippen LogP contribution in [0.3, 0.4) is 0 Å². The molecule has 7 nitrogen and oxygen atoms in total. The first kappa shape index (κ1) is 18.3. The summed E-state index contributed by atoms with van der Waals surface area (Å²) in [7, 11) is 0. The van der Waals surface area contributed by atoms with Crippen molar-refractivity contribution in [1.29, 1.82) is 0 Å². The molecule has 3 amide bonds. The molecule has 0 saturated carbocycles. The van der Waals surface area contributed by atoms with E-state index in [9.17, 15) is 14.4 Å². The van der Waals surface area contributed by atoms with Crippen molar-refractivity contribution < 1.29 is 19.1 Å². The Morgan fingerprint density at radius 1 is 1.33 bits per heavy atom. The van der Waals surface area contributed by atoms with Crippen molar-refractivity contribution >= 4 is 34.2 Å². The molecule has 1 aliphatic rings. The van der Waals surface area contributed by atoms with Gasteiger partial charge in [0.15, 0.2) is 0 Å². The smallest absolute Gasteiger partial charge is 0.410 e. The van der Waals surface area contributed by atoms with Crippen LogP contribution in [0, 0.1) is 5.41 Å². The van der Waals surface area contributed by atoms with Crippen LogP contribution >= 0.6 is 11.3 Å². The molecule has 8 heteroatoms. The van der Waals surface area contributed by atoms with E-state index in [4.69, 9.17) is 10.5 Å². The second-order valence-electron chi connectivity index (χ2n) is 6.65. The normalized spacial score (nSPS) is 14.1. The minimum absolute atomic E-state index is 0.189. The largest absolute Gasteiger partial charge is 0.450 e. The van der Waals surface area contributed by atoms with Crippen LogP contribution in [-0.4, -0.2) is 36.0 Å². The number of fused-ring (bicyclic) bond motifs is 1. The number of carbonyl (C=O) groups excluding carboxylic acids is 3. The van der Waals surface area contributed by atoms with E-state index in [1.165, 1.54) is 11.3 Å². The fraction of sp³-hybridized carbons (Fsp3) is 0.562. The van der Waals surface area contributed by atoms with Crippen molar-refractivity contribution in [2.24, 2.45) is 11.1 Å². The molecule has 24 heavy (non-hydrogen) atoms. The third-order valence-electron chi connectivity index (χ3n) is 3.74. The Bertz CT molecular complexity index is 676. The number of primary amides is 1. The summed E-state index contributed by atoms with van der Waals surface area (Å²) in [5.74, 6) is -0.757. The first-order chi connectivity index (χ1) is 11.1. The standard InChI is InChI=1S/C16H23N3O4S/c1-5-23-15(22)19-7-6-9-10(8-19)24-13(11(9)12(17)20)18-14(21)16(2,3)4/h5-8H2,1-4H3,(H2,17,20)(H,18,21). The van der Waals surface area contributed by atoms with E-state index in [-0.39, 0.29) is 12.0 Å². The molecule has 1 aliphatic heterocycles. The molecule has 0 bridgehead atoms. The molecule has 1 aromatic rings. The maximum absolute atomic E-state index is 12.2. The van der Waals surface area contributed by atoms with E-state index in [1.54, 1.807) is 32.6 Å². The van der Waals surface area contributed by atoms with Crippen molar-refractivity contribution in [3.05, 3.63) is 16.0 Å². The molecule has 0 unspecified atom stereocenters. The first-order valence-electron chi connectivity index (χ1n) is 7.82. The van der Waals surface area contributed by atoms with Crippen LogP contribution in [0.5, 0.6) is 0 Å². The SMILES string of the molecule is CCOC(=O)N1CCc2c(sc(NC(=O)C(C)(C)C)c2C(N)=O)C1. The Balaban J connectivity index is 2.31. The van der Waals surface area contributed by atoms with Gasteiger partial charge < -0.3 is 20.7 Å². The summed E-state index contributed by atoms with van der Waals surface area (Å²) in [6.07, 6.45) is 0.131. The van der Waals surface area contributed by atoms with Crippen LogP contribution in [0.1, 0.15) is 48.5 Å². The van der Waals surface area contributed by atoms with Gasteiger partial charge in [0.2, 0.25) is 5.91 Å². The molecular weight excluding hydrogens is 330 g/mol. The number of nitrogens with zero attached hydrogens (tertiary/aromatic N) is 1. The Morgan fingerprint density at radius 3 is 2.54 bits per heavy atom. The van der Waals surface area contributed by atoms with E-state index >= 15 is 0 Å². The molecule has 0 atom stereocenters. The van der Waals surface area contributed by atoms with Crippen molar-refractivity contribution in [3.8, 4) is 0 Å².